The minimum atomic E-state index is -0.109. The Kier molecular flexibility index (Phi) is 4.46. The molecule has 0 amide bonds. The average Bonchev–Trinajstić information content (AvgIpc) is 2.51. The molecule has 0 fully saturated rings. The maximum Gasteiger partial charge on any atom is 0.261 e. The molecule has 0 saturated carbocycles. The Morgan fingerprint density at radius 3 is 2.64 bits per heavy atom. The Bertz CT molecular complexity index is 860. The number of fused-ring (bicyclic) bond motifs is 1. The quantitative estimate of drug-likeness (QED) is 0.712. The highest BCUT2D eigenvalue weighted by Gasteiger charge is 2.08. The van der Waals surface area contributed by atoms with Crippen LogP contribution in [-0.2, 0) is 13.0 Å². The maximum atomic E-state index is 12.5. The SMILES string of the molecule is O=c1c2cc(Cl)cc(Cl)c2ncn1CCCc1ccccc1. The van der Waals surface area contributed by atoms with Crippen molar-refractivity contribution in [1.82, 2.24) is 9.55 Å². The Balaban J connectivity index is 1.83. The summed E-state index contributed by atoms with van der Waals surface area (Å²) in [5.74, 6) is 0. The van der Waals surface area contributed by atoms with Crippen LogP contribution >= 0.6 is 23.2 Å². The summed E-state index contributed by atoms with van der Waals surface area (Å²) in [7, 11) is 0. The molecule has 1 aromatic heterocycles. The maximum absolute atomic E-state index is 12.5. The topological polar surface area (TPSA) is 34.9 Å². The first-order valence-corrected chi connectivity index (χ1v) is 7.79. The van der Waals surface area contributed by atoms with Crippen LogP contribution in [0, 0.1) is 0 Å². The average molecular weight is 333 g/mol. The largest absolute Gasteiger partial charge is 0.299 e. The van der Waals surface area contributed by atoms with E-state index < -0.39 is 0 Å². The smallest absolute Gasteiger partial charge is 0.261 e. The van der Waals surface area contributed by atoms with Crippen molar-refractivity contribution in [3.63, 3.8) is 0 Å². The van der Waals surface area contributed by atoms with Crippen molar-refractivity contribution in [3.8, 4) is 0 Å². The molecule has 0 saturated heterocycles. The number of benzene rings is 2. The van der Waals surface area contributed by atoms with Gasteiger partial charge in [0.25, 0.3) is 5.56 Å². The summed E-state index contributed by atoms with van der Waals surface area (Å²) < 4.78 is 1.61. The van der Waals surface area contributed by atoms with E-state index in [1.165, 1.54) is 5.56 Å². The van der Waals surface area contributed by atoms with Crippen LogP contribution in [0.3, 0.4) is 0 Å². The van der Waals surface area contributed by atoms with Gasteiger partial charge in [-0.1, -0.05) is 53.5 Å². The van der Waals surface area contributed by atoms with Crippen molar-refractivity contribution >= 4 is 34.1 Å². The molecule has 0 radical (unpaired) electrons. The van der Waals surface area contributed by atoms with Crippen LogP contribution < -0.4 is 5.56 Å². The zero-order valence-electron chi connectivity index (χ0n) is 11.8. The number of hydrogen-bond donors (Lipinski definition) is 0. The predicted octanol–water partition coefficient (Wildman–Crippen LogP) is 4.34. The molecular weight excluding hydrogens is 319 g/mol. The minimum absolute atomic E-state index is 0.109. The monoisotopic (exact) mass is 332 g/mol. The predicted molar refractivity (Wildman–Crippen MR) is 90.8 cm³/mol. The molecule has 2 aromatic carbocycles. The molecule has 0 bridgehead atoms. The lowest BCUT2D eigenvalue weighted by Gasteiger charge is -2.08. The molecule has 3 rings (SSSR count). The van der Waals surface area contributed by atoms with Crippen molar-refractivity contribution in [3.05, 3.63) is 74.8 Å². The van der Waals surface area contributed by atoms with Gasteiger partial charge in [-0.3, -0.25) is 9.36 Å². The van der Waals surface area contributed by atoms with Crippen molar-refractivity contribution < 1.29 is 0 Å². The fourth-order valence-corrected chi connectivity index (χ4v) is 2.99. The summed E-state index contributed by atoms with van der Waals surface area (Å²) in [5, 5.41) is 1.30. The van der Waals surface area contributed by atoms with E-state index in [1.54, 1.807) is 23.0 Å². The highest BCUT2D eigenvalue weighted by Crippen LogP contribution is 2.23. The van der Waals surface area contributed by atoms with Gasteiger partial charge in [0.2, 0.25) is 0 Å². The van der Waals surface area contributed by atoms with Gasteiger partial charge in [-0.05, 0) is 30.5 Å². The van der Waals surface area contributed by atoms with E-state index in [2.05, 4.69) is 17.1 Å². The fraction of sp³-hybridized carbons (Fsp3) is 0.176. The third-order valence-corrected chi connectivity index (χ3v) is 4.06. The number of hydrogen-bond acceptors (Lipinski definition) is 2. The molecule has 0 aliphatic heterocycles. The van der Waals surface area contributed by atoms with Crippen molar-refractivity contribution in [2.24, 2.45) is 0 Å². The number of nitrogens with zero attached hydrogens (tertiary/aromatic N) is 2. The van der Waals surface area contributed by atoms with Gasteiger partial charge < -0.3 is 0 Å². The van der Waals surface area contributed by atoms with Crippen LogP contribution in [0.15, 0.2) is 53.6 Å². The van der Waals surface area contributed by atoms with Gasteiger partial charge in [0.05, 0.1) is 22.3 Å². The van der Waals surface area contributed by atoms with E-state index in [1.807, 2.05) is 18.2 Å². The normalized spacial score (nSPS) is 11.0. The molecule has 112 valence electrons. The Hall–Kier alpha value is -1.84. The summed E-state index contributed by atoms with van der Waals surface area (Å²) in [6, 6.07) is 13.4. The van der Waals surface area contributed by atoms with E-state index in [-0.39, 0.29) is 5.56 Å². The number of aryl methyl sites for hydroxylation is 2. The molecule has 5 heteroatoms. The van der Waals surface area contributed by atoms with Crippen molar-refractivity contribution in [2.75, 3.05) is 0 Å². The summed E-state index contributed by atoms with van der Waals surface area (Å²) in [6.45, 7) is 0.612. The summed E-state index contributed by atoms with van der Waals surface area (Å²) in [5.41, 5.74) is 1.65. The van der Waals surface area contributed by atoms with E-state index in [4.69, 9.17) is 23.2 Å². The minimum Gasteiger partial charge on any atom is -0.299 e. The van der Waals surface area contributed by atoms with Crippen LogP contribution in [0.2, 0.25) is 10.0 Å². The van der Waals surface area contributed by atoms with E-state index >= 15 is 0 Å². The zero-order chi connectivity index (χ0) is 15.5. The van der Waals surface area contributed by atoms with Gasteiger partial charge in [-0.2, -0.15) is 0 Å². The van der Waals surface area contributed by atoms with Gasteiger partial charge in [0.1, 0.15) is 0 Å². The van der Waals surface area contributed by atoms with Crippen LogP contribution in [0.4, 0.5) is 0 Å². The first-order valence-electron chi connectivity index (χ1n) is 7.03. The molecule has 0 aliphatic carbocycles. The fourth-order valence-electron chi connectivity index (χ4n) is 2.45. The lowest BCUT2D eigenvalue weighted by molar-refractivity contribution is 0.617. The number of halogens is 2. The van der Waals surface area contributed by atoms with Gasteiger partial charge in [0, 0.05) is 11.6 Å². The van der Waals surface area contributed by atoms with Crippen LogP contribution in [-0.4, -0.2) is 9.55 Å². The standard InChI is InChI=1S/C17H14Cl2N2O/c18-13-9-14-16(15(19)10-13)20-11-21(17(14)22)8-4-7-12-5-2-1-3-6-12/h1-3,5-6,9-11H,4,7-8H2. The molecule has 22 heavy (non-hydrogen) atoms. The molecule has 3 nitrogen and oxygen atoms in total. The van der Waals surface area contributed by atoms with Gasteiger partial charge >= 0.3 is 0 Å². The Labute approximate surface area is 138 Å². The van der Waals surface area contributed by atoms with Crippen LogP contribution in [0.1, 0.15) is 12.0 Å². The van der Waals surface area contributed by atoms with Crippen LogP contribution in [0.5, 0.6) is 0 Å². The first kappa shape index (κ1) is 15.1. The Morgan fingerprint density at radius 1 is 1.09 bits per heavy atom. The first-order chi connectivity index (χ1) is 10.6. The molecule has 3 aromatic rings. The summed E-state index contributed by atoms with van der Waals surface area (Å²) in [6.07, 6.45) is 3.34. The summed E-state index contributed by atoms with van der Waals surface area (Å²) >= 11 is 12.0. The molecular formula is C17H14Cl2N2O. The highest BCUT2D eigenvalue weighted by molar-refractivity contribution is 6.38. The highest BCUT2D eigenvalue weighted by atomic mass is 35.5. The lowest BCUT2D eigenvalue weighted by atomic mass is 10.1. The zero-order valence-corrected chi connectivity index (χ0v) is 13.3. The molecule has 1 heterocycles. The van der Waals surface area contributed by atoms with Gasteiger partial charge in [-0.15, -0.1) is 0 Å². The third kappa shape index (κ3) is 3.16. The van der Waals surface area contributed by atoms with E-state index in [0.29, 0.717) is 27.5 Å². The second-order valence-electron chi connectivity index (χ2n) is 5.12. The van der Waals surface area contributed by atoms with Crippen molar-refractivity contribution in [2.45, 2.75) is 19.4 Å². The number of aromatic nitrogens is 2. The molecule has 0 aliphatic rings. The second-order valence-corrected chi connectivity index (χ2v) is 5.96. The third-order valence-electron chi connectivity index (χ3n) is 3.55. The van der Waals surface area contributed by atoms with Gasteiger partial charge in [-0.25, -0.2) is 4.98 Å². The molecule has 0 unspecified atom stereocenters. The lowest BCUT2D eigenvalue weighted by Crippen LogP contribution is -2.21. The Morgan fingerprint density at radius 2 is 1.86 bits per heavy atom. The van der Waals surface area contributed by atoms with E-state index in [0.717, 1.165) is 12.8 Å². The molecule has 0 atom stereocenters. The van der Waals surface area contributed by atoms with E-state index in [9.17, 15) is 4.79 Å². The molecule has 0 spiro atoms. The number of rotatable bonds is 4. The summed E-state index contributed by atoms with van der Waals surface area (Å²) in [4.78, 5) is 16.8. The van der Waals surface area contributed by atoms with Crippen molar-refractivity contribution in [1.29, 1.82) is 0 Å². The van der Waals surface area contributed by atoms with Gasteiger partial charge in [0.15, 0.2) is 0 Å². The second kappa shape index (κ2) is 6.51. The van der Waals surface area contributed by atoms with Crippen LogP contribution in [0.25, 0.3) is 10.9 Å². The molecule has 0 N–H and O–H groups in total.